The van der Waals surface area contributed by atoms with Gasteiger partial charge < -0.3 is 9.84 Å². The molecule has 106 valence electrons. The summed E-state index contributed by atoms with van der Waals surface area (Å²) in [5, 5.41) is 9.04. The van der Waals surface area contributed by atoms with Gasteiger partial charge in [-0.25, -0.2) is 0 Å². The van der Waals surface area contributed by atoms with Crippen LogP contribution in [0.1, 0.15) is 25.7 Å². The van der Waals surface area contributed by atoms with E-state index < -0.39 is 10.2 Å². The van der Waals surface area contributed by atoms with Crippen molar-refractivity contribution in [2.45, 2.75) is 31.7 Å². The number of hydrogen-bond donors (Lipinski definition) is 2. The standard InChI is InChI=1S/C11H22N2O4S/c14-8-10-3-5-13(6-4-10)18(15,16)12-11-2-1-7-17-9-11/h10-12,14H,1-9H2. The molecule has 0 radical (unpaired) electrons. The predicted octanol–water partition coefficient (Wildman–Crippen LogP) is -0.296. The second kappa shape index (κ2) is 6.29. The van der Waals surface area contributed by atoms with Gasteiger partial charge in [0.25, 0.3) is 10.2 Å². The van der Waals surface area contributed by atoms with E-state index in [1.165, 1.54) is 4.31 Å². The molecule has 0 aromatic heterocycles. The van der Waals surface area contributed by atoms with E-state index in [4.69, 9.17) is 9.84 Å². The molecule has 0 bridgehead atoms. The van der Waals surface area contributed by atoms with Crippen LogP contribution < -0.4 is 4.72 Å². The first-order valence-corrected chi connectivity index (χ1v) is 8.02. The molecule has 2 saturated heterocycles. The Morgan fingerprint density at radius 2 is 2.00 bits per heavy atom. The fourth-order valence-corrected chi connectivity index (χ4v) is 3.90. The summed E-state index contributed by atoms with van der Waals surface area (Å²) in [6, 6.07) is -0.0979. The van der Waals surface area contributed by atoms with E-state index in [2.05, 4.69) is 4.72 Å². The molecule has 18 heavy (non-hydrogen) atoms. The van der Waals surface area contributed by atoms with Gasteiger partial charge in [-0.15, -0.1) is 0 Å². The van der Waals surface area contributed by atoms with Gasteiger partial charge in [0.1, 0.15) is 0 Å². The molecule has 1 unspecified atom stereocenters. The van der Waals surface area contributed by atoms with Crippen LogP contribution in [-0.2, 0) is 14.9 Å². The zero-order chi connectivity index (χ0) is 13.0. The molecular formula is C11H22N2O4S. The van der Waals surface area contributed by atoms with Crippen molar-refractivity contribution in [3.63, 3.8) is 0 Å². The SMILES string of the molecule is O=S(=O)(NC1CCCOC1)N1CCC(CO)CC1. The van der Waals surface area contributed by atoms with Crippen molar-refractivity contribution in [3.05, 3.63) is 0 Å². The Labute approximate surface area is 108 Å². The Hall–Kier alpha value is -0.210. The van der Waals surface area contributed by atoms with E-state index in [1.54, 1.807) is 0 Å². The minimum absolute atomic E-state index is 0.0979. The average molecular weight is 278 g/mol. The minimum atomic E-state index is -3.39. The molecule has 0 amide bonds. The third kappa shape index (κ3) is 3.64. The number of rotatable bonds is 4. The number of nitrogens with one attached hydrogen (secondary N) is 1. The van der Waals surface area contributed by atoms with Gasteiger partial charge in [0.05, 0.1) is 6.61 Å². The van der Waals surface area contributed by atoms with Crippen LogP contribution in [0.5, 0.6) is 0 Å². The lowest BCUT2D eigenvalue weighted by Gasteiger charge is -2.32. The normalized spacial score (nSPS) is 28.4. The zero-order valence-electron chi connectivity index (χ0n) is 10.5. The molecule has 2 heterocycles. The van der Waals surface area contributed by atoms with Gasteiger partial charge in [-0.2, -0.15) is 17.4 Å². The highest BCUT2D eigenvalue weighted by Gasteiger charge is 2.30. The molecule has 0 saturated carbocycles. The largest absolute Gasteiger partial charge is 0.396 e. The van der Waals surface area contributed by atoms with Crippen LogP contribution >= 0.6 is 0 Å². The van der Waals surface area contributed by atoms with Crippen LogP contribution in [-0.4, -0.2) is 56.8 Å². The number of aliphatic hydroxyl groups is 1. The third-order valence-electron chi connectivity index (χ3n) is 3.65. The lowest BCUT2D eigenvalue weighted by molar-refractivity contribution is 0.0765. The van der Waals surface area contributed by atoms with Gasteiger partial charge >= 0.3 is 0 Å². The Morgan fingerprint density at radius 3 is 2.56 bits per heavy atom. The van der Waals surface area contributed by atoms with Crippen molar-refractivity contribution < 1.29 is 18.3 Å². The summed E-state index contributed by atoms with van der Waals surface area (Å²) in [5.41, 5.74) is 0. The molecule has 2 fully saturated rings. The summed E-state index contributed by atoms with van der Waals surface area (Å²) >= 11 is 0. The average Bonchev–Trinajstić information content (AvgIpc) is 2.39. The van der Waals surface area contributed by atoms with Crippen LogP contribution in [0, 0.1) is 5.92 Å². The van der Waals surface area contributed by atoms with E-state index in [1.807, 2.05) is 0 Å². The molecule has 6 nitrogen and oxygen atoms in total. The first-order valence-electron chi connectivity index (χ1n) is 6.58. The molecule has 2 N–H and O–H groups in total. The van der Waals surface area contributed by atoms with Crippen molar-refractivity contribution in [2.24, 2.45) is 5.92 Å². The second-order valence-corrected chi connectivity index (χ2v) is 6.76. The number of piperidine rings is 1. The maximum Gasteiger partial charge on any atom is 0.279 e. The first-order chi connectivity index (χ1) is 8.62. The topological polar surface area (TPSA) is 78.9 Å². The molecule has 0 aromatic rings. The zero-order valence-corrected chi connectivity index (χ0v) is 11.4. The molecular weight excluding hydrogens is 256 g/mol. The Morgan fingerprint density at radius 1 is 1.28 bits per heavy atom. The predicted molar refractivity (Wildman–Crippen MR) is 67.3 cm³/mol. The Bertz CT molecular complexity index is 346. The summed E-state index contributed by atoms with van der Waals surface area (Å²) in [4.78, 5) is 0. The molecule has 0 aliphatic carbocycles. The Kier molecular flexibility index (Phi) is 4.97. The summed E-state index contributed by atoms with van der Waals surface area (Å²) < 4.78 is 33.8. The lowest BCUT2D eigenvalue weighted by atomic mass is 10.00. The molecule has 0 aromatic carbocycles. The molecule has 2 aliphatic rings. The second-order valence-electron chi connectivity index (χ2n) is 5.06. The van der Waals surface area contributed by atoms with Crippen LogP contribution in [0.2, 0.25) is 0 Å². The van der Waals surface area contributed by atoms with Gasteiger partial charge in [-0.1, -0.05) is 0 Å². The van der Waals surface area contributed by atoms with Crippen LogP contribution in [0.4, 0.5) is 0 Å². The smallest absolute Gasteiger partial charge is 0.279 e. The maximum absolute atomic E-state index is 12.1. The lowest BCUT2D eigenvalue weighted by Crippen LogP contribution is -2.50. The van der Waals surface area contributed by atoms with Crippen molar-refractivity contribution in [2.75, 3.05) is 32.9 Å². The van der Waals surface area contributed by atoms with Crippen molar-refractivity contribution in [1.29, 1.82) is 0 Å². The fourth-order valence-electron chi connectivity index (χ4n) is 2.45. The van der Waals surface area contributed by atoms with E-state index in [0.717, 1.165) is 32.3 Å². The van der Waals surface area contributed by atoms with E-state index >= 15 is 0 Å². The van der Waals surface area contributed by atoms with E-state index in [-0.39, 0.29) is 18.6 Å². The fraction of sp³-hybridized carbons (Fsp3) is 1.00. The van der Waals surface area contributed by atoms with Gasteiger partial charge in [0, 0.05) is 32.3 Å². The summed E-state index contributed by atoms with van der Waals surface area (Å²) in [6.45, 7) is 2.33. The third-order valence-corrected chi connectivity index (χ3v) is 5.32. The number of nitrogens with zero attached hydrogens (tertiary/aromatic N) is 1. The maximum atomic E-state index is 12.1. The minimum Gasteiger partial charge on any atom is -0.396 e. The van der Waals surface area contributed by atoms with Gasteiger partial charge in [0.2, 0.25) is 0 Å². The highest BCUT2D eigenvalue weighted by Crippen LogP contribution is 2.19. The van der Waals surface area contributed by atoms with Crippen molar-refractivity contribution in [1.82, 2.24) is 9.03 Å². The highest BCUT2D eigenvalue weighted by atomic mass is 32.2. The Balaban J connectivity index is 1.86. The van der Waals surface area contributed by atoms with Crippen molar-refractivity contribution in [3.8, 4) is 0 Å². The number of hydrogen-bond acceptors (Lipinski definition) is 4. The molecule has 2 aliphatic heterocycles. The molecule has 2 rings (SSSR count). The highest BCUT2D eigenvalue weighted by molar-refractivity contribution is 7.87. The van der Waals surface area contributed by atoms with Crippen LogP contribution in [0.3, 0.4) is 0 Å². The monoisotopic (exact) mass is 278 g/mol. The first kappa shape index (κ1) is 14.2. The van der Waals surface area contributed by atoms with Crippen LogP contribution in [0.25, 0.3) is 0 Å². The van der Waals surface area contributed by atoms with Gasteiger partial charge in [0.15, 0.2) is 0 Å². The number of ether oxygens (including phenoxy) is 1. The molecule has 0 spiro atoms. The van der Waals surface area contributed by atoms with Gasteiger partial charge in [-0.05, 0) is 31.6 Å². The number of aliphatic hydroxyl groups excluding tert-OH is 1. The van der Waals surface area contributed by atoms with Crippen LogP contribution in [0.15, 0.2) is 0 Å². The molecule has 1 atom stereocenters. The van der Waals surface area contributed by atoms with E-state index in [0.29, 0.717) is 19.7 Å². The van der Waals surface area contributed by atoms with Crippen molar-refractivity contribution >= 4 is 10.2 Å². The summed E-state index contributed by atoms with van der Waals surface area (Å²) in [6.07, 6.45) is 3.21. The molecule has 7 heteroatoms. The van der Waals surface area contributed by atoms with E-state index in [9.17, 15) is 8.42 Å². The quantitative estimate of drug-likeness (QED) is 0.740. The summed E-state index contributed by atoms with van der Waals surface area (Å²) in [7, 11) is -3.39. The summed E-state index contributed by atoms with van der Waals surface area (Å²) in [5.74, 6) is 0.245. The van der Waals surface area contributed by atoms with Gasteiger partial charge in [-0.3, -0.25) is 0 Å².